The van der Waals surface area contributed by atoms with E-state index in [1.54, 1.807) is 7.11 Å². The van der Waals surface area contributed by atoms with Gasteiger partial charge in [-0.15, -0.1) is 0 Å². The van der Waals surface area contributed by atoms with E-state index in [-0.39, 0.29) is 5.91 Å². The second-order valence-electron chi connectivity index (χ2n) is 8.57. The molecule has 1 saturated carbocycles. The van der Waals surface area contributed by atoms with Gasteiger partial charge >= 0.3 is 5.91 Å². The molecule has 0 radical (unpaired) electrons. The molecular weight excluding hydrogens is 376 g/mol. The van der Waals surface area contributed by atoms with E-state index in [0.717, 1.165) is 73.5 Å². The van der Waals surface area contributed by atoms with E-state index in [1.807, 2.05) is 34.8 Å². The first-order valence-corrected chi connectivity index (χ1v) is 11.3. The number of likely N-dealkylation sites (tertiary alicyclic amines) is 1. The highest BCUT2D eigenvalue weighted by atomic mass is 16.5. The van der Waals surface area contributed by atoms with Gasteiger partial charge in [-0.1, -0.05) is 6.07 Å². The van der Waals surface area contributed by atoms with Crippen LogP contribution in [-0.2, 0) is 13.5 Å². The second kappa shape index (κ2) is 9.50. The predicted octanol–water partition coefficient (Wildman–Crippen LogP) is 4.06. The number of hydrogen-bond acceptors (Lipinski definition) is 3. The number of aryl methyl sites for hydroxylation is 1. The summed E-state index contributed by atoms with van der Waals surface area (Å²) in [5.41, 5.74) is 3.05. The largest absolute Gasteiger partial charge is 0.493 e. The van der Waals surface area contributed by atoms with E-state index >= 15 is 0 Å². The van der Waals surface area contributed by atoms with Crippen molar-refractivity contribution in [2.75, 3.05) is 20.2 Å². The molecule has 2 aliphatic rings. The van der Waals surface area contributed by atoms with Gasteiger partial charge in [0.15, 0.2) is 17.7 Å². The summed E-state index contributed by atoms with van der Waals surface area (Å²) in [5.74, 6) is 1.75. The number of hydrogen-bond donors (Lipinski definition) is 0. The molecule has 1 amide bonds. The molecule has 5 nitrogen and oxygen atoms in total. The molecule has 1 aromatic heterocycles. The van der Waals surface area contributed by atoms with Gasteiger partial charge in [-0.3, -0.25) is 4.79 Å². The first kappa shape index (κ1) is 20.7. The summed E-state index contributed by atoms with van der Waals surface area (Å²) in [5, 5.41) is 0. The van der Waals surface area contributed by atoms with E-state index in [0.29, 0.717) is 6.10 Å². The average molecular weight is 410 g/mol. The number of methoxy groups -OCH3 is 1. The van der Waals surface area contributed by atoms with Crippen molar-refractivity contribution in [3.63, 3.8) is 0 Å². The second-order valence-corrected chi connectivity index (χ2v) is 8.57. The number of carbonyl (C=O) groups is 1. The molecule has 0 unspecified atom stereocenters. The van der Waals surface area contributed by atoms with Crippen LogP contribution in [0.25, 0.3) is 0 Å². The van der Waals surface area contributed by atoms with E-state index < -0.39 is 0 Å². The van der Waals surface area contributed by atoms with Crippen LogP contribution in [0.2, 0.25) is 0 Å². The van der Waals surface area contributed by atoms with Crippen molar-refractivity contribution in [3.8, 4) is 11.5 Å². The fraction of sp³-hybridized carbons (Fsp3) is 0.520. The Hall–Kier alpha value is -2.56. The molecule has 0 N–H and O–H groups in total. The minimum absolute atomic E-state index is 0.138. The Morgan fingerprint density at radius 1 is 1.00 bits per heavy atom. The van der Waals surface area contributed by atoms with E-state index in [2.05, 4.69) is 18.2 Å². The smallest absolute Gasteiger partial charge is 0.318 e. The molecule has 2 heterocycles. The normalized spacial score (nSPS) is 17.2. The van der Waals surface area contributed by atoms with Crippen LogP contribution in [0.1, 0.15) is 66.6 Å². The van der Waals surface area contributed by atoms with Crippen LogP contribution in [0, 0.1) is 0 Å². The summed E-state index contributed by atoms with van der Waals surface area (Å²) < 4.78 is 13.7. The van der Waals surface area contributed by atoms with Crippen molar-refractivity contribution in [2.24, 2.45) is 7.05 Å². The maximum absolute atomic E-state index is 13.0. The van der Waals surface area contributed by atoms with Gasteiger partial charge in [0.1, 0.15) is 7.05 Å². The maximum atomic E-state index is 13.0. The minimum atomic E-state index is 0.138. The Bertz CT molecular complexity index is 884. The number of amides is 1. The Kier molecular flexibility index (Phi) is 6.56. The van der Waals surface area contributed by atoms with Gasteiger partial charge in [0, 0.05) is 25.2 Å². The number of pyridine rings is 1. The third-order valence-corrected chi connectivity index (χ3v) is 6.31. The fourth-order valence-corrected chi connectivity index (χ4v) is 4.54. The Labute approximate surface area is 179 Å². The molecule has 2 aromatic rings. The Morgan fingerprint density at radius 2 is 1.73 bits per heavy atom. The lowest BCUT2D eigenvalue weighted by Crippen LogP contribution is -2.44. The number of ether oxygens (including phenoxy) is 2. The number of rotatable bonds is 6. The van der Waals surface area contributed by atoms with Crippen molar-refractivity contribution >= 4 is 5.91 Å². The third kappa shape index (κ3) is 4.77. The molecule has 5 heteroatoms. The van der Waals surface area contributed by atoms with Crippen LogP contribution in [0.3, 0.4) is 0 Å². The van der Waals surface area contributed by atoms with Crippen molar-refractivity contribution in [1.82, 2.24) is 4.90 Å². The minimum Gasteiger partial charge on any atom is -0.493 e. The molecule has 1 saturated heterocycles. The summed E-state index contributed by atoms with van der Waals surface area (Å²) in [7, 11) is 3.63. The molecule has 1 aliphatic carbocycles. The number of aromatic nitrogens is 1. The van der Waals surface area contributed by atoms with Gasteiger partial charge in [-0.25, -0.2) is 0 Å². The zero-order valence-electron chi connectivity index (χ0n) is 18.2. The lowest BCUT2D eigenvalue weighted by Gasteiger charge is -2.25. The number of piperidine rings is 1. The first-order chi connectivity index (χ1) is 14.6. The molecule has 160 valence electrons. The van der Waals surface area contributed by atoms with Gasteiger partial charge in [0.2, 0.25) is 0 Å². The Balaban J connectivity index is 1.52. The summed E-state index contributed by atoms with van der Waals surface area (Å²) in [4.78, 5) is 15.0. The third-order valence-electron chi connectivity index (χ3n) is 6.31. The summed E-state index contributed by atoms with van der Waals surface area (Å²) in [6, 6.07) is 10.3. The van der Waals surface area contributed by atoms with Crippen LogP contribution in [-0.4, -0.2) is 37.1 Å². The van der Waals surface area contributed by atoms with Crippen LogP contribution in [0.5, 0.6) is 11.5 Å². The van der Waals surface area contributed by atoms with Gasteiger partial charge in [-0.2, -0.15) is 4.57 Å². The van der Waals surface area contributed by atoms with Crippen molar-refractivity contribution in [3.05, 3.63) is 53.3 Å². The molecule has 30 heavy (non-hydrogen) atoms. The highest BCUT2D eigenvalue weighted by molar-refractivity contribution is 5.91. The lowest BCUT2D eigenvalue weighted by atomic mass is 10.0. The quantitative estimate of drug-likeness (QED) is 0.676. The first-order valence-electron chi connectivity index (χ1n) is 11.3. The fourth-order valence-electron chi connectivity index (χ4n) is 4.54. The Morgan fingerprint density at radius 3 is 2.47 bits per heavy atom. The van der Waals surface area contributed by atoms with Gasteiger partial charge in [0.05, 0.1) is 13.2 Å². The monoisotopic (exact) mass is 409 g/mol. The standard InChI is InChI=1S/C25H33N2O3/c1-26-15-12-20(17-22(26)25(28)27-13-6-3-7-14-27)16-19-10-11-23(29-2)24(18-19)30-21-8-4-5-9-21/h10-12,15,17-18,21H,3-9,13-14,16H2,1-2H3/q+1. The molecule has 1 aliphatic heterocycles. The van der Waals surface area contributed by atoms with Crippen LogP contribution in [0.15, 0.2) is 36.5 Å². The van der Waals surface area contributed by atoms with E-state index in [4.69, 9.17) is 9.47 Å². The summed E-state index contributed by atoms with van der Waals surface area (Å²) in [6.07, 6.45) is 11.2. The SMILES string of the molecule is COc1ccc(Cc2cc[n+](C)c(C(=O)N3CCCCC3)c2)cc1OC1CCCC1. The van der Waals surface area contributed by atoms with Gasteiger partial charge in [0.25, 0.3) is 5.69 Å². The number of benzene rings is 1. The van der Waals surface area contributed by atoms with Crippen LogP contribution in [0.4, 0.5) is 0 Å². The molecule has 2 fully saturated rings. The summed E-state index contributed by atoms with van der Waals surface area (Å²) >= 11 is 0. The zero-order chi connectivity index (χ0) is 20.9. The average Bonchev–Trinajstić information content (AvgIpc) is 3.28. The number of nitrogens with zero attached hydrogens (tertiary/aromatic N) is 2. The van der Waals surface area contributed by atoms with Crippen molar-refractivity contribution in [1.29, 1.82) is 0 Å². The molecule has 4 rings (SSSR count). The van der Waals surface area contributed by atoms with E-state index in [9.17, 15) is 4.79 Å². The topological polar surface area (TPSA) is 42.7 Å². The predicted molar refractivity (Wildman–Crippen MR) is 116 cm³/mol. The highest BCUT2D eigenvalue weighted by Crippen LogP contribution is 2.33. The lowest BCUT2D eigenvalue weighted by molar-refractivity contribution is -0.673. The van der Waals surface area contributed by atoms with E-state index in [1.165, 1.54) is 19.3 Å². The molecular formula is C25H33N2O3+. The highest BCUT2D eigenvalue weighted by Gasteiger charge is 2.25. The molecule has 1 aromatic carbocycles. The van der Waals surface area contributed by atoms with Gasteiger partial charge < -0.3 is 14.4 Å². The zero-order valence-corrected chi connectivity index (χ0v) is 18.2. The number of carbonyl (C=O) groups excluding carboxylic acids is 1. The maximum Gasteiger partial charge on any atom is 0.318 e. The summed E-state index contributed by atoms with van der Waals surface area (Å²) in [6.45, 7) is 1.73. The molecule has 0 spiro atoms. The molecule has 0 bridgehead atoms. The van der Waals surface area contributed by atoms with Crippen molar-refractivity contribution in [2.45, 2.75) is 57.5 Å². The van der Waals surface area contributed by atoms with Crippen LogP contribution >= 0.6 is 0 Å². The van der Waals surface area contributed by atoms with Crippen LogP contribution < -0.4 is 14.0 Å². The van der Waals surface area contributed by atoms with Gasteiger partial charge in [-0.05, 0) is 74.6 Å². The van der Waals surface area contributed by atoms with Crippen molar-refractivity contribution < 1.29 is 18.8 Å². The molecule has 0 atom stereocenters.